The molecular formula is C14H20Cl2FNO3. The van der Waals surface area contributed by atoms with E-state index >= 15 is 0 Å². The summed E-state index contributed by atoms with van der Waals surface area (Å²) < 4.78 is 23.8. The number of methoxy groups -OCH3 is 1. The van der Waals surface area contributed by atoms with Crippen LogP contribution in [0.2, 0.25) is 5.02 Å². The van der Waals surface area contributed by atoms with Crippen LogP contribution in [0.3, 0.4) is 0 Å². The van der Waals surface area contributed by atoms with Gasteiger partial charge in [-0.05, 0) is 38.5 Å². The molecule has 21 heavy (non-hydrogen) atoms. The maximum atomic E-state index is 13.9. The second kappa shape index (κ2) is 7.82. The highest BCUT2D eigenvalue weighted by Crippen LogP contribution is 2.37. The summed E-state index contributed by atoms with van der Waals surface area (Å²) in [5, 5.41) is 0.123. The lowest BCUT2D eigenvalue weighted by atomic mass is 9.81. The Morgan fingerprint density at radius 2 is 2.05 bits per heavy atom. The summed E-state index contributed by atoms with van der Waals surface area (Å²) in [7, 11) is 1.28. The van der Waals surface area contributed by atoms with Crippen molar-refractivity contribution >= 4 is 30.0 Å². The minimum absolute atomic E-state index is 0. The fourth-order valence-electron chi connectivity index (χ4n) is 1.85. The molecule has 0 saturated heterocycles. The number of hydrogen-bond donors (Lipinski definition) is 1. The van der Waals surface area contributed by atoms with E-state index in [0.717, 1.165) is 0 Å². The normalized spacial score (nSPS) is 12.3. The monoisotopic (exact) mass is 339 g/mol. The lowest BCUT2D eigenvalue weighted by Crippen LogP contribution is -2.37. The van der Waals surface area contributed by atoms with Crippen LogP contribution in [0.25, 0.3) is 0 Å². The molecule has 0 unspecified atom stereocenters. The van der Waals surface area contributed by atoms with Crippen molar-refractivity contribution in [2.45, 2.75) is 26.8 Å². The molecular weight excluding hydrogens is 320 g/mol. The van der Waals surface area contributed by atoms with E-state index in [1.165, 1.54) is 19.2 Å². The van der Waals surface area contributed by atoms with E-state index in [-0.39, 0.29) is 23.2 Å². The molecule has 1 atom stereocenters. The van der Waals surface area contributed by atoms with Gasteiger partial charge in [0, 0.05) is 6.04 Å². The van der Waals surface area contributed by atoms with E-state index < -0.39 is 23.2 Å². The van der Waals surface area contributed by atoms with Crippen molar-refractivity contribution in [2.75, 3.05) is 13.7 Å². The van der Waals surface area contributed by atoms with Gasteiger partial charge in [-0.1, -0.05) is 11.6 Å². The van der Waals surface area contributed by atoms with Crippen LogP contribution < -0.4 is 10.5 Å². The third kappa shape index (κ3) is 4.22. The first kappa shape index (κ1) is 20.0. The fraction of sp³-hybridized carbons (Fsp3) is 0.500. The van der Waals surface area contributed by atoms with Crippen molar-refractivity contribution in [3.63, 3.8) is 0 Å². The Bertz CT molecular complexity index is 486. The van der Waals surface area contributed by atoms with E-state index in [1.807, 2.05) is 0 Å². The summed E-state index contributed by atoms with van der Waals surface area (Å²) in [4.78, 5) is 11.7. The molecule has 0 radical (unpaired) electrons. The topological polar surface area (TPSA) is 61.5 Å². The van der Waals surface area contributed by atoms with Crippen LogP contribution in [0.4, 0.5) is 4.39 Å². The summed E-state index contributed by atoms with van der Waals surface area (Å²) in [5.74, 6) is -1.10. The molecule has 0 aliphatic carbocycles. The molecule has 4 nitrogen and oxygen atoms in total. The number of esters is 1. The summed E-state index contributed by atoms with van der Waals surface area (Å²) in [6.07, 6.45) is 0. The minimum atomic E-state index is -1.00. The molecule has 1 aromatic rings. The predicted molar refractivity (Wildman–Crippen MR) is 82.6 cm³/mol. The van der Waals surface area contributed by atoms with Crippen molar-refractivity contribution in [1.82, 2.24) is 0 Å². The number of rotatable bonds is 5. The van der Waals surface area contributed by atoms with Crippen molar-refractivity contribution in [1.29, 1.82) is 0 Å². The molecule has 0 aliphatic rings. The summed E-state index contributed by atoms with van der Waals surface area (Å²) in [6.45, 7) is 5.29. The fourth-order valence-corrected chi connectivity index (χ4v) is 2.12. The lowest BCUT2D eigenvalue weighted by molar-refractivity contribution is -0.152. The lowest BCUT2D eigenvalue weighted by Gasteiger charge is -2.29. The van der Waals surface area contributed by atoms with Crippen LogP contribution in [0.1, 0.15) is 32.4 Å². The minimum Gasteiger partial charge on any atom is -0.489 e. The Morgan fingerprint density at radius 1 is 1.48 bits per heavy atom. The van der Waals surface area contributed by atoms with Gasteiger partial charge in [0.2, 0.25) is 0 Å². The third-order valence-electron chi connectivity index (χ3n) is 3.16. The van der Waals surface area contributed by atoms with E-state index in [4.69, 9.17) is 26.8 Å². The number of carbonyl (C=O) groups is 1. The van der Waals surface area contributed by atoms with Crippen molar-refractivity contribution in [3.8, 4) is 5.75 Å². The Labute approximate surface area is 135 Å². The maximum Gasteiger partial charge on any atom is 0.313 e. The van der Waals surface area contributed by atoms with Crippen LogP contribution in [-0.2, 0) is 9.53 Å². The standard InChI is InChI=1S/C14H19ClFNO3.ClH/c1-5-20-11-9(15)6-8(7-10(11)16)12(17)14(2,3)13(18)19-4;/h6-7,12H,5,17H2,1-4H3;1H/t12-;/m1./s1. The molecule has 0 fully saturated rings. The number of carbonyl (C=O) groups excluding carboxylic acids is 1. The first-order valence-corrected chi connectivity index (χ1v) is 6.59. The quantitative estimate of drug-likeness (QED) is 0.834. The zero-order valence-corrected chi connectivity index (χ0v) is 14.0. The molecule has 0 amide bonds. The average Bonchev–Trinajstić information content (AvgIpc) is 2.40. The van der Waals surface area contributed by atoms with Gasteiger partial charge in [0.15, 0.2) is 11.6 Å². The molecule has 120 valence electrons. The molecule has 7 heteroatoms. The highest BCUT2D eigenvalue weighted by atomic mass is 35.5. The average molecular weight is 340 g/mol. The maximum absolute atomic E-state index is 13.9. The van der Waals surface area contributed by atoms with Crippen molar-refractivity contribution in [3.05, 3.63) is 28.5 Å². The SMILES string of the molecule is CCOc1c(F)cc([C@@H](N)C(C)(C)C(=O)OC)cc1Cl.Cl. The third-order valence-corrected chi connectivity index (χ3v) is 3.44. The second-order valence-corrected chi connectivity index (χ2v) is 5.34. The smallest absolute Gasteiger partial charge is 0.313 e. The van der Waals surface area contributed by atoms with Gasteiger partial charge < -0.3 is 15.2 Å². The highest BCUT2D eigenvalue weighted by Gasteiger charge is 2.37. The van der Waals surface area contributed by atoms with Crippen molar-refractivity contribution < 1.29 is 18.7 Å². The van der Waals surface area contributed by atoms with Gasteiger partial charge in [0.25, 0.3) is 0 Å². The Hall–Kier alpha value is -1.04. The zero-order chi connectivity index (χ0) is 15.5. The van der Waals surface area contributed by atoms with Gasteiger partial charge >= 0.3 is 5.97 Å². The van der Waals surface area contributed by atoms with E-state index in [0.29, 0.717) is 12.2 Å². The van der Waals surface area contributed by atoms with E-state index in [2.05, 4.69) is 0 Å². The van der Waals surface area contributed by atoms with Crippen LogP contribution >= 0.6 is 24.0 Å². The predicted octanol–water partition coefficient (Wildman–Crippen LogP) is 3.50. The number of ether oxygens (including phenoxy) is 2. The number of hydrogen-bond acceptors (Lipinski definition) is 4. The molecule has 2 N–H and O–H groups in total. The second-order valence-electron chi connectivity index (χ2n) is 4.94. The van der Waals surface area contributed by atoms with Gasteiger partial charge in [-0.3, -0.25) is 4.79 Å². The first-order chi connectivity index (χ1) is 9.25. The molecule has 0 aliphatic heterocycles. The first-order valence-electron chi connectivity index (χ1n) is 6.21. The van der Waals surface area contributed by atoms with Gasteiger partial charge in [-0.15, -0.1) is 12.4 Å². The van der Waals surface area contributed by atoms with Crippen LogP contribution in [-0.4, -0.2) is 19.7 Å². The van der Waals surface area contributed by atoms with Crippen LogP contribution in [0.15, 0.2) is 12.1 Å². The van der Waals surface area contributed by atoms with E-state index in [9.17, 15) is 9.18 Å². The van der Waals surface area contributed by atoms with Gasteiger partial charge in [-0.2, -0.15) is 0 Å². The molecule has 0 saturated carbocycles. The molecule has 0 bridgehead atoms. The molecule has 0 spiro atoms. The largest absolute Gasteiger partial charge is 0.489 e. The number of nitrogens with two attached hydrogens (primary N) is 1. The Kier molecular flexibility index (Phi) is 7.44. The summed E-state index contributed by atoms with van der Waals surface area (Å²) >= 11 is 5.98. The summed E-state index contributed by atoms with van der Waals surface area (Å²) in [5.41, 5.74) is 5.45. The number of halogens is 3. The molecule has 0 aromatic heterocycles. The summed E-state index contributed by atoms with van der Waals surface area (Å²) in [6, 6.07) is 1.98. The van der Waals surface area contributed by atoms with E-state index in [1.54, 1.807) is 20.8 Å². The molecule has 1 rings (SSSR count). The zero-order valence-electron chi connectivity index (χ0n) is 12.4. The van der Waals surface area contributed by atoms with Crippen molar-refractivity contribution in [2.24, 2.45) is 11.1 Å². The number of benzene rings is 1. The van der Waals surface area contributed by atoms with Gasteiger partial charge in [-0.25, -0.2) is 4.39 Å². The van der Waals surface area contributed by atoms with Gasteiger partial charge in [0.05, 0.1) is 24.2 Å². The Morgan fingerprint density at radius 3 is 2.48 bits per heavy atom. The molecule has 0 heterocycles. The Balaban J connectivity index is 0.00000400. The van der Waals surface area contributed by atoms with Gasteiger partial charge in [0.1, 0.15) is 0 Å². The van der Waals surface area contributed by atoms with Crippen LogP contribution in [0.5, 0.6) is 5.75 Å². The highest BCUT2D eigenvalue weighted by molar-refractivity contribution is 6.32. The van der Waals surface area contributed by atoms with Crippen LogP contribution in [0, 0.1) is 11.2 Å². The molecule has 1 aromatic carbocycles.